The van der Waals surface area contributed by atoms with E-state index in [9.17, 15) is 9.59 Å². The number of ether oxygens (including phenoxy) is 1. The summed E-state index contributed by atoms with van der Waals surface area (Å²) in [5.41, 5.74) is 7.69. The second-order valence-corrected chi connectivity index (χ2v) is 5.94. The Labute approximate surface area is 140 Å². The lowest BCUT2D eigenvalue weighted by Crippen LogP contribution is -2.41. The molecule has 0 saturated carbocycles. The van der Waals surface area contributed by atoms with E-state index in [1.807, 2.05) is 12.1 Å². The number of amides is 1. The van der Waals surface area contributed by atoms with Crippen molar-refractivity contribution in [3.63, 3.8) is 0 Å². The van der Waals surface area contributed by atoms with Gasteiger partial charge >= 0.3 is 5.97 Å². The molecule has 1 aliphatic heterocycles. The number of rotatable bonds is 5. The molecule has 1 aliphatic rings. The Kier molecular flexibility index (Phi) is 4.84. The highest BCUT2D eigenvalue weighted by Crippen LogP contribution is 2.23. The highest BCUT2D eigenvalue weighted by atomic mass is 16.5. The molecule has 24 heavy (non-hydrogen) atoms. The minimum Gasteiger partial charge on any atom is -0.472 e. The van der Waals surface area contributed by atoms with E-state index in [1.54, 1.807) is 24.5 Å². The maximum atomic E-state index is 12.0. The van der Waals surface area contributed by atoms with Gasteiger partial charge in [-0.1, -0.05) is 0 Å². The predicted octanol–water partition coefficient (Wildman–Crippen LogP) is 2.34. The molecule has 0 unspecified atom stereocenters. The molecule has 6 nitrogen and oxygen atoms in total. The summed E-state index contributed by atoms with van der Waals surface area (Å²) in [4.78, 5) is 25.5. The number of benzene rings is 1. The van der Waals surface area contributed by atoms with Crippen LogP contribution in [0.3, 0.4) is 0 Å². The van der Waals surface area contributed by atoms with Crippen LogP contribution >= 0.6 is 0 Å². The molecular formula is C18H20N2O4. The van der Waals surface area contributed by atoms with Crippen molar-refractivity contribution in [2.45, 2.75) is 19.4 Å². The minimum atomic E-state index is -0.378. The maximum absolute atomic E-state index is 12.0. The second-order valence-electron chi connectivity index (χ2n) is 5.94. The van der Waals surface area contributed by atoms with Gasteiger partial charge in [-0.15, -0.1) is 0 Å². The first-order chi connectivity index (χ1) is 11.6. The van der Waals surface area contributed by atoms with Crippen LogP contribution in [-0.4, -0.2) is 25.0 Å². The van der Waals surface area contributed by atoms with Crippen LogP contribution in [0.25, 0.3) is 0 Å². The Balaban J connectivity index is 1.60. The van der Waals surface area contributed by atoms with E-state index in [0.717, 1.165) is 30.6 Å². The Morgan fingerprint density at radius 2 is 2.04 bits per heavy atom. The van der Waals surface area contributed by atoms with Gasteiger partial charge in [-0.25, -0.2) is 4.79 Å². The summed E-state index contributed by atoms with van der Waals surface area (Å²) in [5, 5.41) is 0. The first-order valence-electron chi connectivity index (χ1n) is 7.96. The lowest BCUT2D eigenvalue weighted by molar-refractivity contribution is -0.122. The van der Waals surface area contributed by atoms with Crippen LogP contribution in [0.2, 0.25) is 0 Å². The highest BCUT2D eigenvalue weighted by molar-refractivity contribution is 5.89. The van der Waals surface area contributed by atoms with Gasteiger partial charge in [0.2, 0.25) is 5.91 Å². The standard InChI is InChI=1S/C18H20N2O4/c19-17(21)15-2-1-8-20(10-15)16-5-3-14(4-6-16)18(22)24-12-13-7-9-23-11-13/h3-7,9,11,15H,1-2,8,10,12H2,(H2,19,21)/t15-/m0/s1. The number of hydrogen-bond donors (Lipinski definition) is 1. The van der Waals surface area contributed by atoms with Crippen LogP contribution in [0, 0.1) is 5.92 Å². The van der Waals surface area contributed by atoms with E-state index in [2.05, 4.69) is 4.90 Å². The van der Waals surface area contributed by atoms with Crippen molar-refractivity contribution in [2.24, 2.45) is 11.7 Å². The summed E-state index contributed by atoms with van der Waals surface area (Å²) in [6.07, 6.45) is 4.85. The summed E-state index contributed by atoms with van der Waals surface area (Å²) in [6.45, 7) is 1.69. The zero-order valence-corrected chi connectivity index (χ0v) is 13.3. The van der Waals surface area contributed by atoms with Gasteiger partial charge in [0.15, 0.2) is 0 Å². The zero-order valence-electron chi connectivity index (χ0n) is 13.3. The maximum Gasteiger partial charge on any atom is 0.338 e. The number of nitrogens with two attached hydrogens (primary N) is 1. The summed E-state index contributed by atoms with van der Waals surface area (Å²) < 4.78 is 10.2. The average Bonchev–Trinajstić information content (AvgIpc) is 3.13. The van der Waals surface area contributed by atoms with Crippen molar-refractivity contribution < 1.29 is 18.7 Å². The molecular weight excluding hydrogens is 308 g/mol. The summed E-state index contributed by atoms with van der Waals surface area (Å²) in [5.74, 6) is -0.742. The Morgan fingerprint density at radius 3 is 2.71 bits per heavy atom. The van der Waals surface area contributed by atoms with Crippen LogP contribution in [0.4, 0.5) is 5.69 Å². The Hall–Kier alpha value is -2.76. The number of hydrogen-bond acceptors (Lipinski definition) is 5. The number of piperidine rings is 1. The number of nitrogens with zero attached hydrogens (tertiary/aromatic N) is 1. The molecule has 0 bridgehead atoms. The SMILES string of the molecule is NC(=O)[C@H]1CCCN(c2ccc(C(=O)OCc3ccoc3)cc2)C1. The number of primary amides is 1. The molecule has 2 heterocycles. The molecule has 2 aromatic rings. The molecule has 6 heteroatoms. The first kappa shape index (κ1) is 16.1. The van der Waals surface area contributed by atoms with E-state index in [1.165, 1.54) is 6.26 Å². The van der Waals surface area contributed by atoms with Gasteiger partial charge in [-0.3, -0.25) is 4.79 Å². The average molecular weight is 328 g/mol. The topological polar surface area (TPSA) is 85.8 Å². The summed E-state index contributed by atoms with van der Waals surface area (Å²) >= 11 is 0. The molecule has 0 spiro atoms. The molecule has 1 atom stereocenters. The fraction of sp³-hybridized carbons (Fsp3) is 0.333. The van der Waals surface area contributed by atoms with Gasteiger partial charge in [-0.05, 0) is 43.2 Å². The zero-order chi connectivity index (χ0) is 16.9. The third-order valence-corrected chi connectivity index (χ3v) is 4.24. The number of furan rings is 1. The molecule has 1 aromatic carbocycles. The third-order valence-electron chi connectivity index (χ3n) is 4.24. The molecule has 1 aromatic heterocycles. The fourth-order valence-electron chi connectivity index (χ4n) is 2.86. The van der Waals surface area contributed by atoms with Crippen molar-refractivity contribution >= 4 is 17.6 Å². The van der Waals surface area contributed by atoms with E-state index >= 15 is 0 Å². The molecule has 1 saturated heterocycles. The van der Waals surface area contributed by atoms with E-state index in [0.29, 0.717) is 12.1 Å². The van der Waals surface area contributed by atoms with Crippen molar-refractivity contribution in [1.82, 2.24) is 0 Å². The van der Waals surface area contributed by atoms with E-state index < -0.39 is 0 Å². The predicted molar refractivity (Wildman–Crippen MR) is 88.4 cm³/mol. The van der Waals surface area contributed by atoms with Gasteiger partial charge in [0.05, 0.1) is 24.0 Å². The lowest BCUT2D eigenvalue weighted by atomic mass is 9.97. The molecule has 1 amide bonds. The normalized spacial score (nSPS) is 17.5. The Bertz CT molecular complexity index is 694. The van der Waals surface area contributed by atoms with Crippen LogP contribution < -0.4 is 10.6 Å². The van der Waals surface area contributed by atoms with Gasteiger partial charge in [-0.2, -0.15) is 0 Å². The number of esters is 1. The monoisotopic (exact) mass is 328 g/mol. The molecule has 2 N–H and O–H groups in total. The van der Waals surface area contributed by atoms with Crippen molar-refractivity contribution in [3.05, 3.63) is 54.0 Å². The minimum absolute atomic E-state index is 0.113. The summed E-state index contributed by atoms with van der Waals surface area (Å²) in [6, 6.07) is 8.97. The van der Waals surface area contributed by atoms with Gasteiger partial charge < -0.3 is 19.8 Å². The molecule has 3 rings (SSSR count). The van der Waals surface area contributed by atoms with Crippen molar-refractivity contribution in [1.29, 1.82) is 0 Å². The quantitative estimate of drug-likeness (QED) is 0.852. The van der Waals surface area contributed by atoms with Gasteiger partial charge in [0, 0.05) is 24.3 Å². The molecule has 0 aliphatic carbocycles. The first-order valence-corrected chi connectivity index (χ1v) is 7.96. The highest BCUT2D eigenvalue weighted by Gasteiger charge is 2.24. The molecule has 1 fully saturated rings. The van der Waals surface area contributed by atoms with Crippen LogP contribution in [-0.2, 0) is 16.1 Å². The third kappa shape index (κ3) is 3.76. The molecule has 126 valence electrons. The lowest BCUT2D eigenvalue weighted by Gasteiger charge is -2.33. The molecule has 0 radical (unpaired) electrons. The van der Waals surface area contributed by atoms with Crippen LogP contribution in [0.5, 0.6) is 0 Å². The van der Waals surface area contributed by atoms with Crippen LogP contribution in [0.15, 0.2) is 47.3 Å². The van der Waals surface area contributed by atoms with Crippen molar-refractivity contribution in [2.75, 3.05) is 18.0 Å². The van der Waals surface area contributed by atoms with Gasteiger partial charge in [0.1, 0.15) is 6.61 Å². The number of carbonyl (C=O) groups excluding carboxylic acids is 2. The van der Waals surface area contributed by atoms with E-state index in [4.69, 9.17) is 14.9 Å². The van der Waals surface area contributed by atoms with Crippen LogP contribution in [0.1, 0.15) is 28.8 Å². The van der Waals surface area contributed by atoms with Gasteiger partial charge in [0.25, 0.3) is 0 Å². The van der Waals surface area contributed by atoms with E-state index in [-0.39, 0.29) is 24.4 Å². The Morgan fingerprint density at radius 1 is 1.25 bits per heavy atom. The second kappa shape index (κ2) is 7.21. The fourth-order valence-corrected chi connectivity index (χ4v) is 2.86. The number of anilines is 1. The number of carbonyl (C=O) groups is 2. The van der Waals surface area contributed by atoms with Crippen molar-refractivity contribution in [3.8, 4) is 0 Å². The largest absolute Gasteiger partial charge is 0.472 e. The summed E-state index contributed by atoms with van der Waals surface area (Å²) in [7, 11) is 0. The smallest absolute Gasteiger partial charge is 0.338 e.